The van der Waals surface area contributed by atoms with E-state index in [-0.39, 0.29) is 11.8 Å². The van der Waals surface area contributed by atoms with E-state index >= 15 is 0 Å². The molecular formula is C19H20N4O2. The highest BCUT2D eigenvalue weighted by atomic mass is 16.2. The average Bonchev–Trinajstić information content (AvgIpc) is 3.02. The van der Waals surface area contributed by atoms with Crippen molar-refractivity contribution in [3.63, 3.8) is 0 Å². The molecule has 0 aliphatic carbocycles. The van der Waals surface area contributed by atoms with Gasteiger partial charge in [-0.3, -0.25) is 9.59 Å². The van der Waals surface area contributed by atoms with Crippen molar-refractivity contribution in [3.8, 4) is 6.07 Å². The molecule has 2 heterocycles. The third-order valence-electron chi connectivity index (χ3n) is 4.39. The number of nitrogens with one attached hydrogen (secondary N) is 1. The monoisotopic (exact) mass is 336 g/mol. The number of H-pyrrole nitrogens is 1. The first-order chi connectivity index (χ1) is 12.2. The zero-order valence-corrected chi connectivity index (χ0v) is 13.9. The number of carbonyl (C=O) groups is 2. The maximum Gasteiger partial charge on any atom is 0.253 e. The lowest BCUT2D eigenvalue weighted by molar-refractivity contribution is -0.130. The van der Waals surface area contributed by atoms with Crippen molar-refractivity contribution in [2.24, 2.45) is 0 Å². The summed E-state index contributed by atoms with van der Waals surface area (Å²) in [5, 5.41) is 8.98. The van der Waals surface area contributed by atoms with Crippen LogP contribution in [0.5, 0.6) is 0 Å². The number of benzene rings is 1. The minimum absolute atomic E-state index is 0.0837. The van der Waals surface area contributed by atoms with Gasteiger partial charge in [0.15, 0.2) is 0 Å². The number of nitriles is 1. The second kappa shape index (κ2) is 7.67. The van der Waals surface area contributed by atoms with Gasteiger partial charge in [-0.2, -0.15) is 5.26 Å². The fraction of sp³-hybridized carbons (Fsp3) is 0.316. The van der Waals surface area contributed by atoms with Crippen LogP contribution in [0.25, 0.3) is 0 Å². The zero-order valence-electron chi connectivity index (χ0n) is 13.9. The summed E-state index contributed by atoms with van der Waals surface area (Å²) >= 11 is 0. The van der Waals surface area contributed by atoms with Crippen molar-refractivity contribution < 1.29 is 9.59 Å². The summed E-state index contributed by atoms with van der Waals surface area (Å²) in [7, 11) is 0. The van der Waals surface area contributed by atoms with E-state index in [1.165, 1.54) is 0 Å². The predicted octanol–water partition coefficient (Wildman–Crippen LogP) is 1.80. The van der Waals surface area contributed by atoms with Crippen molar-refractivity contribution in [1.82, 2.24) is 14.8 Å². The summed E-state index contributed by atoms with van der Waals surface area (Å²) in [4.78, 5) is 31.6. The van der Waals surface area contributed by atoms with Gasteiger partial charge in [-0.05, 0) is 36.2 Å². The maximum absolute atomic E-state index is 12.7. The molecule has 1 N–H and O–H groups in total. The SMILES string of the molecule is N#Cc1cccc(C(=O)N2CCCN(C(=O)Cc3cc[nH]c3)CC2)c1. The molecular weight excluding hydrogens is 316 g/mol. The molecule has 0 bridgehead atoms. The number of hydrogen-bond donors (Lipinski definition) is 1. The fourth-order valence-corrected chi connectivity index (χ4v) is 3.03. The van der Waals surface area contributed by atoms with Gasteiger partial charge in [-0.15, -0.1) is 0 Å². The Morgan fingerprint density at radius 3 is 2.68 bits per heavy atom. The summed E-state index contributed by atoms with van der Waals surface area (Å²) in [6, 6.07) is 10.7. The van der Waals surface area contributed by atoms with Crippen LogP contribution in [-0.2, 0) is 11.2 Å². The molecule has 6 heteroatoms. The lowest BCUT2D eigenvalue weighted by Crippen LogP contribution is -2.38. The summed E-state index contributed by atoms with van der Waals surface area (Å²) in [6.07, 6.45) is 4.76. The molecule has 0 unspecified atom stereocenters. The van der Waals surface area contributed by atoms with Crippen LogP contribution in [0.15, 0.2) is 42.7 Å². The number of amides is 2. The molecule has 1 aromatic carbocycles. The number of aromatic nitrogens is 1. The third-order valence-corrected chi connectivity index (χ3v) is 4.39. The molecule has 25 heavy (non-hydrogen) atoms. The maximum atomic E-state index is 12.7. The van der Waals surface area contributed by atoms with Crippen LogP contribution in [0, 0.1) is 11.3 Å². The van der Waals surface area contributed by atoms with Crippen LogP contribution >= 0.6 is 0 Å². The number of carbonyl (C=O) groups excluding carboxylic acids is 2. The first kappa shape index (κ1) is 16.8. The number of hydrogen-bond acceptors (Lipinski definition) is 3. The van der Waals surface area contributed by atoms with Crippen molar-refractivity contribution in [3.05, 3.63) is 59.4 Å². The number of aromatic amines is 1. The molecule has 1 fully saturated rings. The molecule has 1 aliphatic rings. The Kier molecular flexibility index (Phi) is 5.14. The normalized spacial score (nSPS) is 14.7. The molecule has 6 nitrogen and oxygen atoms in total. The van der Waals surface area contributed by atoms with Crippen molar-refractivity contribution in [1.29, 1.82) is 5.26 Å². The number of nitrogens with zero attached hydrogens (tertiary/aromatic N) is 3. The van der Waals surface area contributed by atoms with E-state index in [0.29, 0.717) is 43.7 Å². The topological polar surface area (TPSA) is 80.2 Å². The Hall–Kier alpha value is -3.07. The Morgan fingerprint density at radius 2 is 1.92 bits per heavy atom. The van der Waals surface area contributed by atoms with Crippen LogP contribution in [0.4, 0.5) is 0 Å². The van der Waals surface area contributed by atoms with Gasteiger partial charge in [0.1, 0.15) is 0 Å². The van der Waals surface area contributed by atoms with Crippen LogP contribution in [0.1, 0.15) is 27.9 Å². The summed E-state index contributed by atoms with van der Waals surface area (Å²) in [5.41, 5.74) is 1.96. The summed E-state index contributed by atoms with van der Waals surface area (Å²) < 4.78 is 0. The van der Waals surface area contributed by atoms with Crippen LogP contribution < -0.4 is 0 Å². The van der Waals surface area contributed by atoms with Crippen molar-refractivity contribution in [2.45, 2.75) is 12.8 Å². The molecule has 0 spiro atoms. The van der Waals surface area contributed by atoms with Gasteiger partial charge in [-0.1, -0.05) is 6.07 Å². The first-order valence-electron chi connectivity index (χ1n) is 8.36. The quantitative estimate of drug-likeness (QED) is 0.928. The van der Waals surface area contributed by atoms with E-state index in [1.807, 2.05) is 17.2 Å². The molecule has 128 valence electrons. The minimum atomic E-state index is -0.0861. The van der Waals surface area contributed by atoms with Gasteiger partial charge in [0.2, 0.25) is 5.91 Å². The van der Waals surface area contributed by atoms with Gasteiger partial charge in [0.05, 0.1) is 18.1 Å². The zero-order chi connectivity index (χ0) is 17.6. The van der Waals surface area contributed by atoms with Crippen LogP contribution in [-0.4, -0.2) is 52.8 Å². The second-order valence-corrected chi connectivity index (χ2v) is 6.12. The van der Waals surface area contributed by atoms with Crippen LogP contribution in [0.2, 0.25) is 0 Å². The van der Waals surface area contributed by atoms with E-state index < -0.39 is 0 Å². The molecule has 3 rings (SSSR count). The lowest BCUT2D eigenvalue weighted by Gasteiger charge is -2.22. The fourth-order valence-electron chi connectivity index (χ4n) is 3.03. The van der Waals surface area contributed by atoms with E-state index in [1.54, 1.807) is 35.4 Å². The van der Waals surface area contributed by atoms with E-state index in [4.69, 9.17) is 5.26 Å². The van der Waals surface area contributed by atoms with E-state index in [9.17, 15) is 9.59 Å². The smallest absolute Gasteiger partial charge is 0.253 e. The average molecular weight is 336 g/mol. The van der Waals surface area contributed by atoms with E-state index in [2.05, 4.69) is 11.1 Å². The third kappa shape index (κ3) is 4.07. The molecule has 2 aromatic rings. The van der Waals surface area contributed by atoms with Crippen molar-refractivity contribution >= 4 is 11.8 Å². The van der Waals surface area contributed by atoms with E-state index in [0.717, 1.165) is 12.0 Å². The Labute approximate surface area is 146 Å². The highest BCUT2D eigenvalue weighted by Crippen LogP contribution is 2.12. The van der Waals surface area contributed by atoms with Gasteiger partial charge in [-0.25, -0.2) is 0 Å². The molecule has 0 saturated carbocycles. The highest BCUT2D eigenvalue weighted by molar-refractivity contribution is 5.94. The van der Waals surface area contributed by atoms with Crippen molar-refractivity contribution in [2.75, 3.05) is 26.2 Å². The Bertz CT molecular complexity index is 792. The molecule has 1 saturated heterocycles. The summed E-state index contributed by atoms with van der Waals surface area (Å²) in [6.45, 7) is 2.32. The van der Waals surface area contributed by atoms with Gasteiger partial charge in [0, 0.05) is 44.1 Å². The van der Waals surface area contributed by atoms with Crippen LogP contribution in [0.3, 0.4) is 0 Å². The largest absolute Gasteiger partial charge is 0.367 e. The Balaban J connectivity index is 1.62. The second-order valence-electron chi connectivity index (χ2n) is 6.12. The number of rotatable bonds is 3. The minimum Gasteiger partial charge on any atom is -0.367 e. The molecule has 2 amide bonds. The molecule has 0 radical (unpaired) electrons. The Morgan fingerprint density at radius 1 is 1.12 bits per heavy atom. The summed E-state index contributed by atoms with van der Waals surface area (Å²) in [5.74, 6) is -0.00240. The predicted molar refractivity (Wildman–Crippen MR) is 92.8 cm³/mol. The molecule has 1 aliphatic heterocycles. The van der Waals surface area contributed by atoms with Gasteiger partial charge in [0.25, 0.3) is 5.91 Å². The molecule has 1 aromatic heterocycles. The molecule has 0 atom stereocenters. The first-order valence-corrected chi connectivity index (χ1v) is 8.36. The highest BCUT2D eigenvalue weighted by Gasteiger charge is 2.23. The lowest BCUT2D eigenvalue weighted by atomic mass is 10.1. The standard InChI is InChI=1S/C19H20N4O2/c20-13-15-3-1-4-17(11-15)19(25)23-8-2-7-22(9-10-23)18(24)12-16-5-6-21-14-16/h1,3-6,11,14,21H,2,7-10,12H2. The van der Waals surface area contributed by atoms with Gasteiger partial charge < -0.3 is 14.8 Å². The van der Waals surface area contributed by atoms with Gasteiger partial charge >= 0.3 is 0 Å².